The number of para-hydroxylation sites is 1. The molecule has 1 atom stereocenters. The number of nitrogens with zero attached hydrogens (tertiary/aromatic N) is 5. The summed E-state index contributed by atoms with van der Waals surface area (Å²) in [5, 5.41) is 8.71. The highest BCUT2D eigenvalue weighted by atomic mass is 16.2. The average Bonchev–Trinajstić information content (AvgIpc) is 2.70. The van der Waals surface area contributed by atoms with Crippen molar-refractivity contribution in [1.82, 2.24) is 14.9 Å². The largest absolute Gasteiger partial charge is 0.324 e. The number of carbonyl (C=O) groups excluding carboxylic acids is 3. The van der Waals surface area contributed by atoms with Gasteiger partial charge in [-0.1, -0.05) is 11.2 Å². The fraction of sp³-hybridized carbons (Fsp3) is 0.421. The van der Waals surface area contributed by atoms with Crippen molar-refractivity contribution in [3.8, 4) is 0 Å². The number of nitrogens with one attached hydrogen (secondary N) is 2. The number of carbonyl (C=O) groups is 3. The number of aryl methyl sites for hydroxylation is 1. The second kappa shape index (κ2) is 9.19. The van der Waals surface area contributed by atoms with Crippen LogP contribution < -0.4 is 16.2 Å². The third kappa shape index (κ3) is 4.47. The summed E-state index contributed by atoms with van der Waals surface area (Å²) in [6.07, 6.45) is 1.77. The van der Waals surface area contributed by atoms with E-state index in [1.165, 1.54) is 4.57 Å². The summed E-state index contributed by atoms with van der Waals surface area (Å²) in [7, 11) is 0. The zero-order chi connectivity index (χ0) is 21.7. The molecular weight excluding hydrogens is 390 g/mol. The van der Waals surface area contributed by atoms with Crippen molar-refractivity contribution in [2.75, 3.05) is 11.9 Å². The maximum atomic E-state index is 13.1. The van der Waals surface area contributed by atoms with Crippen molar-refractivity contribution >= 4 is 34.3 Å². The van der Waals surface area contributed by atoms with Crippen LogP contribution in [0.5, 0.6) is 0 Å². The fourth-order valence-electron chi connectivity index (χ4n) is 3.45. The Morgan fingerprint density at radius 2 is 2.17 bits per heavy atom. The van der Waals surface area contributed by atoms with E-state index in [1.54, 1.807) is 25.1 Å². The molecule has 0 saturated carbocycles. The number of imide groups is 1. The molecule has 0 radical (unpaired) electrons. The van der Waals surface area contributed by atoms with Crippen molar-refractivity contribution in [2.24, 2.45) is 5.11 Å². The Balaban J connectivity index is 1.86. The van der Waals surface area contributed by atoms with Gasteiger partial charge in [-0.2, -0.15) is 0 Å². The van der Waals surface area contributed by atoms with Gasteiger partial charge in [0.25, 0.3) is 5.56 Å². The highest BCUT2D eigenvalue weighted by molar-refractivity contribution is 6.01. The lowest BCUT2D eigenvalue weighted by molar-refractivity contribution is -0.135. The molecule has 1 unspecified atom stereocenters. The summed E-state index contributed by atoms with van der Waals surface area (Å²) in [6.45, 7) is 1.94. The standard InChI is InChI=1S/C19H21N7O4/c1-11-22-17-12(19(30)26(11)14-8-9-16(28)24-18(14)29)5-4-6-13(17)23-15(27)7-2-3-10-21-25-20/h4-6,14H,2-3,7-10H2,1H3,(H,23,27)(H,24,28,29). The molecule has 1 aliphatic heterocycles. The molecule has 1 aliphatic rings. The van der Waals surface area contributed by atoms with E-state index >= 15 is 0 Å². The molecule has 2 aromatic rings. The van der Waals surface area contributed by atoms with Crippen LogP contribution in [0, 0.1) is 6.92 Å². The third-order valence-electron chi connectivity index (χ3n) is 4.88. The number of rotatable bonds is 7. The van der Waals surface area contributed by atoms with E-state index in [1.807, 2.05) is 0 Å². The van der Waals surface area contributed by atoms with Crippen molar-refractivity contribution in [3.05, 3.63) is 44.8 Å². The summed E-state index contributed by atoms with van der Waals surface area (Å²) in [4.78, 5) is 56.1. The smallest absolute Gasteiger partial charge is 0.262 e. The molecule has 0 spiro atoms. The summed E-state index contributed by atoms with van der Waals surface area (Å²) in [5.41, 5.74) is 8.59. The fourth-order valence-corrected chi connectivity index (χ4v) is 3.45. The van der Waals surface area contributed by atoms with Crippen LogP contribution >= 0.6 is 0 Å². The Morgan fingerprint density at radius 1 is 1.37 bits per heavy atom. The van der Waals surface area contributed by atoms with Gasteiger partial charge >= 0.3 is 0 Å². The molecule has 30 heavy (non-hydrogen) atoms. The zero-order valence-electron chi connectivity index (χ0n) is 16.4. The number of anilines is 1. The Morgan fingerprint density at radius 3 is 2.90 bits per heavy atom. The van der Waals surface area contributed by atoms with E-state index in [-0.39, 0.29) is 36.5 Å². The molecule has 1 aromatic heterocycles. The molecule has 1 aromatic carbocycles. The van der Waals surface area contributed by atoms with Crippen LogP contribution in [0.4, 0.5) is 5.69 Å². The van der Waals surface area contributed by atoms with Crippen LogP contribution in [0.15, 0.2) is 28.1 Å². The van der Waals surface area contributed by atoms with Crippen LogP contribution in [-0.4, -0.2) is 33.8 Å². The highest BCUT2D eigenvalue weighted by Crippen LogP contribution is 2.23. The monoisotopic (exact) mass is 411 g/mol. The SMILES string of the molecule is Cc1nc2c(NC(=O)CCCCN=[N+]=[N-])cccc2c(=O)n1C1CCC(=O)NC1=O. The molecule has 11 heteroatoms. The Hall–Kier alpha value is -3.72. The summed E-state index contributed by atoms with van der Waals surface area (Å²) in [5.74, 6) is -0.807. The van der Waals surface area contributed by atoms with E-state index in [0.717, 1.165) is 0 Å². The molecule has 2 heterocycles. The minimum atomic E-state index is -0.804. The number of hydrogen-bond acceptors (Lipinski definition) is 6. The quantitative estimate of drug-likeness (QED) is 0.234. The lowest BCUT2D eigenvalue weighted by Crippen LogP contribution is -2.45. The number of benzene rings is 1. The highest BCUT2D eigenvalue weighted by Gasteiger charge is 2.30. The van der Waals surface area contributed by atoms with Gasteiger partial charge in [0.1, 0.15) is 17.4 Å². The number of piperidine rings is 1. The first kappa shape index (κ1) is 21.0. The van der Waals surface area contributed by atoms with E-state index < -0.39 is 17.5 Å². The molecule has 2 N–H and O–H groups in total. The van der Waals surface area contributed by atoms with Gasteiger partial charge in [-0.25, -0.2) is 4.98 Å². The van der Waals surface area contributed by atoms with E-state index in [4.69, 9.17) is 5.53 Å². The van der Waals surface area contributed by atoms with Gasteiger partial charge in [0.15, 0.2) is 0 Å². The van der Waals surface area contributed by atoms with Crippen LogP contribution in [0.2, 0.25) is 0 Å². The third-order valence-corrected chi connectivity index (χ3v) is 4.88. The molecule has 0 bridgehead atoms. The van der Waals surface area contributed by atoms with Gasteiger partial charge in [0.05, 0.1) is 11.1 Å². The number of aromatic nitrogens is 2. The van der Waals surface area contributed by atoms with E-state index in [0.29, 0.717) is 36.4 Å². The number of unbranched alkanes of at least 4 members (excludes halogenated alkanes) is 1. The molecule has 156 valence electrons. The topological polar surface area (TPSA) is 159 Å². The normalized spacial score (nSPS) is 16.1. The van der Waals surface area contributed by atoms with Crippen molar-refractivity contribution in [2.45, 2.75) is 45.1 Å². The van der Waals surface area contributed by atoms with E-state index in [2.05, 4.69) is 25.6 Å². The van der Waals surface area contributed by atoms with Gasteiger partial charge in [0.2, 0.25) is 17.7 Å². The Kier molecular flexibility index (Phi) is 6.43. The first-order valence-electron chi connectivity index (χ1n) is 9.58. The number of hydrogen-bond donors (Lipinski definition) is 2. The Bertz CT molecular complexity index is 1120. The molecule has 3 rings (SSSR count). The lowest BCUT2D eigenvalue weighted by atomic mass is 10.1. The molecule has 3 amide bonds. The first-order valence-corrected chi connectivity index (χ1v) is 9.58. The number of fused-ring (bicyclic) bond motifs is 1. The van der Waals surface area contributed by atoms with Gasteiger partial charge in [-0.3, -0.25) is 29.1 Å². The number of azide groups is 1. The zero-order valence-corrected chi connectivity index (χ0v) is 16.4. The molecular formula is C19H21N7O4. The molecule has 1 fully saturated rings. The minimum Gasteiger partial charge on any atom is -0.324 e. The first-order chi connectivity index (χ1) is 14.4. The summed E-state index contributed by atoms with van der Waals surface area (Å²) < 4.78 is 1.30. The molecule has 1 saturated heterocycles. The maximum absolute atomic E-state index is 13.1. The maximum Gasteiger partial charge on any atom is 0.262 e. The van der Waals surface area contributed by atoms with E-state index in [9.17, 15) is 19.2 Å². The minimum absolute atomic E-state index is 0.149. The van der Waals surface area contributed by atoms with Crippen molar-refractivity contribution in [3.63, 3.8) is 0 Å². The Labute approximate surface area is 171 Å². The van der Waals surface area contributed by atoms with Gasteiger partial charge in [-0.05, 0) is 43.9 Å². The second-order valence-electron chi connectivity index (χ2n) is 6.96. The van der Waals surface area contributed by atoms with Crippen molar-refractivity contribution < 1.29 is 14.4 Å². The van der Waals surface area contributed by atoms with Crippen LogP contribution in [0.25, 0.3) is 21.3 Å². The van der Waals surface area contributed by atoms with Crippen LogP contribution in [-0.2, 0) is 14.4 Å². The number of amides is 3. The van der Waals surface area contributed by atoms with Crippen LogP contribution in [0.1, 0.15) is 44.0 Å². The lowest BCUT2D eigenvalue weighted by Gasteiger charge is -2.24. The van der Waals surface area contributed by atoms with Crippen molar-refractivity contribution in [1.29, 1.82) is 0 Å². The van der Waals surface area contributed by atoms with Gasteiger partial charge in [-0.15, -0.1) is 0 Å². The van der Waals surface area contributed by atoms with Crippen LogP contribution in [0.3, 0.4) is 0 Å². The predicted octanol–water partition coefficient (Wildman–Crippen LogP) is 2.10. The predicted molar refractivity (Wildman–Crippen MR) is 109 cm³/mol. The molecule has 11 nitrogen and oxygen atoms in total. The molecule has 0 aliphatic carbocycles. The second-order valence-corrected chi connectivity index (χ2v) is 6.96. The average molecular weight is 411 g/mol. The van der Waals surface area contributed by atoms with Gasteiger partial charge < -0.3 is 5.32 Å². The van der Waals surface area contributed by atoms with Gasteiger partial charge in [0, 0.05) is 24.3 Å². The summed E-state index contributed by atoms with van der Waals surface area (Å²) >= 11 is 0. The summed E-state index contributed by atoms with van der Waals surface area (Å²) in [6, 6.07) is 4.07.